The van der Waals surface area contributed by atoms with E-state index in [1.807, 2.05) is 0 Å². The van der Waals surface area contributed by atoms with Crippen molar-refractivity contribution in [3.8, 4) is 0 Å². The summed E-state index contributed by atoms with van der Waals surface area (Å²) in [6.07, 6.45) is 4.77. The van der Waals surface area contributed by atoms with Gasteiger partial charge in [0, 0.05) is 6.04 Å². The lowest BCUT2D eigenvalue weighted by molar-refractivity contribution is 0.418. The van der Waals surface area contributed by atoms with Crippen LogP contribution in [0.5, 0.6) is 0 Å². The number of nitrogens with two attached hydrogens (primary N) is 1. The van der Waals surface area contributed by atoms with Crippen LogP contribution in [0.15, 0.2) is 36.4 Å². The second kappa shape index (κ2) is 5.10. The molecule has 3 N–H and O–H groups in total. The van der Waals surface area contributed by atoms with Gasteiger partial charge < -0.3 is 0 Å². The molecule has 1 aromatic carbocycles. The van der Waals surface area contributed by atoms with Gasteiger partial charge in [0.2, 0.25) is 0 Å². The standard InChI is InChI=1S/C17H24N2/c1-11(2)7-10-15(19-18)17-14-9-8-12-5-3-4-6-13(12)16(14)17/h3-6,14-17,19H,1,7-10,18H2,2H3. The average molecular weight is 256 g/mol. The van der Waals surface area contributed by atoms with Crippen molar-refractivity contribution in [2.75, 3.05) is 0 Å². The fourth-order valence-electron chi connectivity index (χ4n) is 3.96. The Labute approximate surface area is 116 Å². The molecule has 2 nitrogen and oxygen atoms in total. The van der Waals surface area contributed by atoms with Gasteiger partial charge in [0.25, 0.3) is 0 Å². The Hall–Kier alpha value is -1.12. The summed E-state index contributed by atoms with van der Waals surface area (Å²) < 4.78 is 0. The maximum atomic E-state index is 5.79. The van der Waals surface area contributed by atoms with Crippen molar-refractivity contribution in [2.45, 2.75) is 44.6 Å². The third kappa shape index (κ3) is 2.35. The van der Waals surface area contributed by atoms with E-state index in [1.165, 1.54) is 18.4 Å². The van der Waals surface area contributed by atoms with E-state index < -0.39 is 0 Å². The van der Waals surface area contributed by atoms with E-state index in [9.17, 15) is 0 Å². The summed E-state index contributed by atoms with van der Waals surface area (Å²) in [4.78, 5) is 0. The molecule has 1 saturated carbocycles. The molecule has 1 aromatic rings. The van der Waals surface area contributed by atoms with Gasteiger partial charge in [-0.15, -0.1) is 6.58 Å². The van der Waals surface area contributed by atoms with Crippen LogP contribution in [-0.4, -0.2) is 6.04 Å². The first-order valence-electron chi connectivity index (χ1n) is 7.40. The normalized spacial score (nSPS) is 29.3. The summed E-state index contributed by atoms with van der Waals surface area (Å²) in [7, 11) is 0. The summed E-state index contributed by atoms with van der Waals surface area (Å²) >= 11 is 0. The van der Waals surface area contributed by atoms with E-state index in [2.05, 4.69) is 43.2 Å². The Morgan fingerprint density at radius 1 is 1.47 bits per heavy atom. The monoisotopic (exact) mass is 256 g/mol. The van der Waals surface area contributed by atoms with Crippen molar-refractivity contribution >= 4 is 0 Å². The molecule has 2 aliphatic rings. The Balaban J connectivity index is 1.73. The van der Waals surface area contributed by atoms with Crippen molar-refractivity contribution < 1.29 is 0 Å². The number of nitrogens with one attached hydrogen (secondary N) is 1. The third-order valence-electron chi connectivity index (χ3n) is 4.95. The topological polar surface area (TPSA) is 38.0 Å². The molecule has 4 atom stereocenters. The van der Waals surface area contributed by atoms with Gasteiger partial charge in [0.05, 0.1) is 0 Å². The largest absolute Gasteiger partial charge is 0.271 e. The van der Waals surface area contributed by atoms with Crippen LogP contribution in [0.4, 0.5) is 0 Å². The smallest absolute Gasteiger partial charge is 0.0250 e. The lowest BCUT2D eigenvalue weighted by Gasteiger charge is -2.16. The van der Waals surface area contributed by atoms with Crippen LogP contribution < -0.4 is 11.3 Å². The van der Waals surface area contributed by atoms with Gasteiger partial charge >= 0.3 is 0 Å². The molecule has 4 unspecified atom stereocenters. The lowest BCUT2D eigenvalue weighted by Crippen LogP contribution is -2.37. The minimum absolute atomic E-state index is 0.442. The number of hydrazine groups is 1. The first-order chi connectivity index (χ1) is 9.22. The Morgan fingerprint density at radius 2 is 2.26 bits per heavy atom. The minimum atomic E-state index is 0.442. The van der Waals surface area contributed by atoms with Gasteiger partial charge in [-0.3, -0.25) is 11.3 Å². The summed E-state index contributed by atoms with van der Waals surface area (Å²) in [6, 6.07) is 9.39. The SMILES string of the molecule is C=C(C)CCC(NN)C1C2CCc3ccccc3C21. The first kappa shape index (κ1) is 12.9. The molecular formula is C17H24N2. The second-order valence-electron chi connectivity index (χ2n) is 6.27. The molecule has 0 aliphatic heterocycles. The molecule has 3 rings (SSSR count). The number of rotatable bonds is 5. The quantitative estimate of drug-likeness (QED) is 0.482. The summed E-state index contributed by atoms with van der Waals surface area (Å²) in [5.41, 5.74) is 7.46. The van der Waals surface area contributed by atoms with Crippen LogP contribution in [0.1, 0.15) is 43.2 Å². The van der Waals surface area contributed by atoms with E-state index >= 15 is 0 Å². The van der Waals surface area contributed by atoms with Gasteiger partial charge in [-0.25, -0.2) is 0 Å². The van der Waals surface area contributed by atoms with Gasteiger partial charge in [-0.2, -0.15) is 0 Å². The van der Waals surface area contributed by atoms with Crippen LogP contribution in [0.2, 0.25) is 0 Å². The maximum Gasteiger partial charge on any atom is 0.0250 e. The lowest BCUT2D eigenvalue weighted by atomic mass is 9.92. The third-order valence-corrected chi connectivity index (χ3v) is 4.95. The van der Waals surface area contributed by atoms with E-state index in [0.29, 0.717) is 6.04 Å². The predicted octanol–water partition coefficient (Wildman–Crippen LogP) is 3.15. The Morgan fingerprint density at radius 3 is 3.00 bits per heavy atom. The van der Waals surface area contributed by atoms with Crippen molar-refractivity contribution in [3.63, 3.8) is 0 Å². The molecule has 0 amide bonds. The fraction of sp³-hybridized carbons (Fsp3) is 0.529. The highest BCUT2D eigenvalue weighted by atomic mass is 15.2. The zero-order valence-electron chi connectivity index (χ0n) is 11.7. The molecule has 19 heavy (non-hydrogen) atoms. The number of aryl methyl sites for hydroxylation is 1. The molecule has 0 saturated heterocycles. The average Bonchev–Trinajstić information content (AvgIpc) is 3.14. The number of benzene rings is 1. The van der Waals surface area contributed by atoms with Crippen LogP contribution in [-0.2, 0) is 6.42 Å². The number of hydrogen-bond donors (Lipinski definition) is 2. The molecule has 2 heteroatoms. The van der Waals surface area contributed by atoms with Gasteiger partial charge in [-0.1, -0.05) is 29.8 Å². The first-order valence-corrected chi connectivity index (χ1v) is 7.40. The summed E-state index contributed by atoms with van der Waals surface area (Å²) in [6.45, 7) is 6.10. The van der Waals surface area contributed by atoms with E-state index in [-0.39, 0.29) is 0 Å². The van der Waals surface area contributed by atoms with Crippen molar-refractivity contribution in [2.24, 2.45) is 17.7 Å². The number of fused-ring (bicyclic) bond motifs is 3. The van der Waals surface area contributed by atoms with Crippen LogP contribution >= 0.6 is 0 Å². The second-order valence-corrected chi connectivity index (χ2v) is 6.27. The molecule has 0 heterocycles. The van der Waals surface area contributed by atoms with Crippen molar-refractivity contribution in [3.05, 3.63) is 47.5 Å². The van der Waals surface area contributed by atoms with E-state index in [4.69, 9.17) is 5.84 Å². The van der Waals surface area contributed by atoms with Crippen LogP contribution in [0.25, 0.3) is 0 Å². The zero-order valence-corrected chi connectivity index (χ0v) is 11.7. The highest BCUT2D eigenvalue weighted by Crippen LogP contribution is 2.61. The Kier molecular flexibility index (Phi) is 3.46. The highest BCUT2D eigenvalue weighted by molar-refractivity contribution is 5.40. The zero-order chi connectivity index (χ0) is 13.4. The predicted molar refractivity (Wildman–Crippen MR) is 79.6 cm³/mol. The molecule has 2 aliphatic carbocycles. The summed E-state index contributed by atoms with van der Waals surface area (Å²) in [5.74, 6) is 8.12. The molecule has 0 radical (unpaired) electrons. The molecule has 0 aromatic heterocycles. The molecular weight excluding hydrogens is 232 g/mol. The fourth-order valence-corrected chi connectivity index (χ4v) is 3.96. The molecule has 0 spiro atoms. The van der Waals surface area contributed by atoms with Gasteiger partial charge in [0.15, 0.2) is 0 Å². The van der Waals surface area contributed by atoms with E-state index in [0.717, 1.165) is 30.6 Å². The minimum Gasteiger partial charge on any atom is -0.271 e. The van der Waals surface area contributed by atoms with Gasteiger partial charge in [0.1, 0.15) is 0 Å². The van der Waals surface area contributed by atoms with Crippen LogP contribution in [0, 0.1) is 11.8 Å². The Bertz CT molecular complexity index is 480. The van der Waals surface area contributed by atoms with Crippen LogP contribution in [0.3, 0.4) is 0 Å². The number of allylic oxidation sites excluding steroid dienone is 1. The van der Waals surface area contributed by atoms with Crippen molar-refractivity contribution in [1.29, 1.82) is 0 Å². The molecule has 102 valence electrons. The molecule has 1 fully saturated rings. The van der Waals surface area contributed by atoms with Gasteiger partial charge in [-0.05, 0) is 61.5 Å². The molecule has 0 bridgehead atoms. The van der Waals surface area contributed by atoms with Crippen molar-refractivity contribution in [1.82, 2.24) is 5.43 Å². The highest BCUT2D eigenvalue weighted by Gasteiger charge is 2.55. The maximum absolute atomic E-state index is 5.79. The summed E-state index contributed by atoms with van der Waals surface area (Å²) in [5, 5.41) is 0. The van der Waals surface area contributed by atoms with E-state index in [1.54, 1.807) is 11.1 Å². The number of hydrogen-bond acceptors (Lipinski definition) is 2.